The van der Waals surface area contributed by atoms with Crippen LogP contribution in [0.5, 0.6) is 5.75 Å². The third-order valence-electron chi connectivity index (χ3n) is 4.86. The fourth-order valence-electron chi connectivity index (χ4n) is 3.35. The summed E-state index contributed by atoms with van der Waals surface area (Å²) in [5, 5.41) is 4.87. The Morgan fingerprint density at radius 3 is 2.52 bits per heavy atom. The maximum Gasteiger partial charge on any atom is 0.265 e. The van der Waals surface area contributed by atoms with Crippen LogP contribution in [-0.2, 0) is 4.79 Å². The van der Waals surface area contributed by atoms with E-state index in [1.807, 2.05) is 86.3 Å². The second-order valence-electron chi connectivity index (χ2n) is 7.60. The summed E-state index contributed by atoms with van der Waals surface area (Å²) < 4.78 is 8.22. The lowest BCUT2D eigenvalue weighted by Gasteiger charge is -2.12. The number of thiocarbonyl (C=S) groups is 1. The first-order valence-electron chi connectivity index (χ1n) is 9.98. The van der Waals surface area contributed by atoms with Crippen molar-refractivity contribution in [1.82, 2.24) is 14.7 Å². The summed E-state index contributed by atoms with van der Waals surface area (Å²) in [6.45, 7) is 6.05. The van der Waals surface area contributed by atoms with Gasteiger partial charge in [0.05, 0.1) is 16.7 Å². The molecule has 2 aromatic carbocycles. The first-order chi connectivity index (χ1) is 14.8. The Labute approximate surface area is 191 Å². The lowest BCUT2D eigenvalue weighted by atomic mass is 10.0. The number of aromatic nitrogens is 2. The minimum absolute atomic E-state index is 0.0918. The van der Waals surface area contributed by atoms with Gasteiger partial charge >= 0.3 is 0 Å². The molecule has 0 N–H and O–H groups in total. The lowest BCUT2D eigenvalue weighted by molar-refractivity contribution is -0.121. The fourth-order valence-corrected chi connectivity index (χ4v) is 4.52. The van der Waals surface area contributed by atoms with Crippen molar-refractivity contribution >= 4 is 40.3 Å². The zero-order chi connectivity index (χ0) is 22.1. The van der Waals surface area contributed by atoms with E-state index < -0.39 is 0 Å². The molecule has 31 heavy (non-hydrogen) atoms. The van der Waals surface area contributed by atoms with E-state index in [0.29, 0.717) is 9.23 Å². The molecular formula is C24H23N3O2S2. The van der Waals surface area contributed by atoms with Gasteiger partial charge in [0.15, 0.2) is 0 Å². The SMILES string of the molecule is Cc1cc(OC(C)C)ccc1-c1nn(-c2ccccc2)cc1/C=C1\SC(=S)N(C)C1=O. The Morgan fingerprint density at radius 2 is 1.90 bits per heavy atom. The summed E-state index contributed by atoms with van der Waals surface area (Å²) in [5.74, 6) is 0.734. The highest BCUT2D eigenvalue weighted by atomic mass is 32.2. The van der Waals surface area contributed by atoms with Crippen LogP contribution in [0.2, 0.25) is 0 Å². The number of nitrogens with zero attached hydrogens (tertiary/aromatic N) is 3. The molecule has 5 nitrogen and oxygen atoms in total. The molecule has 1 aliphatic heterocycles. The van der Waals surface area contributed by atoms with Gasteiger partial charge in [-0.2, -0.15) is 5.10 Å². The molecule has 2 heterocycles. The molecule has 0 radical (unpaired) electrons. The quantitative estimate of drug-likeness (QED) is 0.382. The number of carbonyl (C=O) groups is 1. The number of aryl methyl sites for hydroxylation is 1. The zero-order valence-corrected chi connectivity index (χ0v) is 19.5. The molecule has 0 spiro atoms. The van der Waals surface area contributed by atoms with Crippen molar-refractivity contribution in [1.29, 1.82) is 0 Å². The summed E-state index contributed by atoms with van der Waals surface area (Å²) in [7, 11) is 1.70. The predicted octanol–water partition coefficient (Wildman–Crippen LogP) is 5.47. The standard InChI is InChI=1S/C24H23N3O2S2/c1-15(2)29-19-10-11-20(16(3)12-19)22-17(13-21-23(28)26(4)24(30)31-21)14-27(25-22)18-8-6-5-7-9-18/h5-15H,1-4H3/b21-13-. The van der Waals surface area contributed by atoms with E-state index in [0.717, 1.165) is 33.8 Å². The number of likely N-dealkylation sites (N-methyl/N-ethyl adjacent to an activating group) is 1. The van der Waals surface area contributed by atoms with Crippen LogP contribution in [0.25, 0.3) is 23.0 Å². The number of carbonyl (C=O) groups excluding carboxylic acids is 1. The summed E-state index contributed by atoms with van der Waals surface area (Å²) in [6.07, 6.45) is 3.93. The topological polar surface area (TPSA) is 47.4 Å². The van der Waals surface area contributed by atoms with Crippen molar-refractivity contribution in [2.75, 3.05) is 7.05 Å². The van der Waals surface area contributed by atoms with Gasteiger partial charge < -0.3 is 4.74 Å². The molecule has 158 valence electrons. The minimum Gasteiger partial charge on any atom is -0.491 e. The molecule has 1 saturated heterocycles. The molecule has 3 aromatic rings. The van der Waals surface area contributed by atoms with Gasteiger partial charge in [-0.25, -0.2) is 4.68 Å². The van der Waals surface area contributed by atoms with E-state index in [2.05, 4.69) is 0 Å². The number of hydrogen-bond donors (Lipinski definition) is 0. The summed E-state index contributed by atoms with van der Waals surface area (Å²) in [4.78, 5) is 14.7. The van der Waals surface area contributed by atoms with Gasteiger partial charge in [-0.05, 0) is 62.7 Å². The maximum absolute atomic E-state index is 12.6. The molecule has 0 bridgehead atoms. The Bertz CT molecular complexity index is 1180. The molecule has 0 aliphatic carbocycles. The summed E-state index contributed by atoms with van der Waals surface area (Å²) >= 11 is 6.59. The first-order valence-corrected chi connectivity index (χ1v) is 11.2. The van der Waals surface area contributed by atoms with Crippen molar-refractivity contribution in [2.45, 2.75) is 26.9 Å². The van der Waals surface area contributed by atoms with Crippen molar-refractivity contribution in [3.8, 4) is 22.7 Å². The van der Waals surface area contributed by atoms with Crippen LogP contribution >= 0.6 is 24.0 Å². The normalized spacial score (nSPS) is 15.4. The summed E-state index contributed by atoms with van der Waals surface area (Å²) in [6, 6.07) is 15.9. The van der Waals surface area contributed by atoms with Gasteiger partial charge in [0.1, 0.15) is 15.8 Å². The number of thioether (sulfide) groups is 1. The van der Waals surface area contributed by atoms with Crippen LogP contribution in [0.15, 0.2) is 59.6 Å². The molecule has 0 unspecified atom stereocenters. The Hall–Kier alpha value is -2.90. The van der Waals surface area contributed by atoms with E-state index in [4.69, 9.17) is 22.1 Å². The second kappa shape index (κ2) is 8.69. The Morgan fingerprint density at radius 1 is 1.16 bits per heavy atom. The maximum atomic E-state index is 12.6. The van der Waals surface area contributed by atoms with E-state index in [1.54, 1.807) is 7.05 Å². The molecule has 0 saturated carbocycles. The number of amides is 1. The summed E-state index contributed by atoms with van der Waals surface area (Å²) in [5.41, 5.74) is 4.65. The molecule has 1 amide bonds. The lowest BCUT2D eigenvalue weighted by Crippen LogP contribution is -2.22. The van der Waals surface area contributed by atoms with Crippen molar-refractivity contribution < 1.29 is 9.53 Å². The van der Waals surface area contributed by atoms with Crippen LogP contribution in [0.1, 0.15) is 25.0 Å². The molecular weight excluding hydrogens is 426 g/mol. The van der Waals surface area contributed by atoms with Crippen LogP contribution < -0.4 is 4.74 Å². The van der Waals surface area contributed by atoms with Crippen LogP contribution in [0.3, 0.4) is 0 Å². The van der Waals surface area contributed by atoms with Crippen molar-refractivity contribution in [2.24, 2.45) is 0 Å². The third-order valence-corrected chi connectivity index (χ3v) is 6.35. The Balaban J connectivity index is 1.82. The number of rotatable bonds is 5. The second-order valence-corrected chi connectivity index (χ2v) is 9.27. The molecule has 0 atom stereocenters. The van der Waals surface area contributed by atoms with Crippen LogP contribution in [-0.4, -0.2) is 38.1 Å². The van der Waals surface area contributed by atoms with Gasteiger partial charge in [-0.15, -0.1) is 0 Å². The van der Waals surface area contributed by atoms with E-state index >= 15 is 0 Å². The van der Waals surface area contributed by atoms with Crippen LogP contribution in [0.4, 0.5) is 0 Å². The Kier molecular flexibility index (Phi) is 5.98. The highest BCUT2D eigenvalue weighted by Crippen LogP contribution is 2.35. The van der Waals surface area contributed by atoms with E-state index in [-0.39, 0.29) is 12.0 Å². The highest BCUT2D eigenvalue weighted by Gasteiger charge is 2.29. The fraction of sp³-hybridized carbons (Fsp3) is 0.208. The van der Waals surface area contributed by atoms with Crippen molar-refractivity contribution in [3.63, 3.8) is 0 Å². The van der Waals surface area contributed by atoms with Gasteiger partial charge in [-0.1, -0.05) is 42.2 Å². The minimum atomic E-state index is -0.0918. The third kappa shape index (κ3) is 4.43. The number of benzene rings is 2. The molecule has 1 fully saturated rings. The highest BCUT2D eigenvalue weighted by molar-refractivity contribution is 8.26. The monoisotopic (exact) mass is 449 g/mol. The van der Waals surface area contributed by atoms with E-state index in [1.165, 1.54) is 16.7 Å². The number of hydrogen-bond acceptors (Lipinski definition) is 5. The van der Waals surface area contributed by atoms with Gasteiger partial charge in [-0.3, -0.25) is 9.69 Å². The average Bonchev–Trinajstić information content (AvgIpc) is 3.25. The van der Waals surface area contributed by atoms with E-state index in [9.17, 15) is 4.79 Å². The first kappa shape index (κ1) is 21.3. The van der Waals surface area contributed by atoms with Gasteiger partial charge in [0.25, 0.3) is 5.91 Å². The number of ether oxygens (including phenoxy) is 1. The van der Waals surface area contributed by atoms with Gasteiger partial charge in [0, 0.05) is 24.4 Å². The zero-order valence-electron chi connectivity index (χ0n) is 17.8. The van der Waals surface area contributed by atoms with Gasteiger partial charge in [0.2, 0.25) is 0 Å². The average molecular weight is 450 g/mol. The van der Waals surface area contributed by atoms with Crippen molar-refractivity contribution in [3.05, 3.63) is 70.8 Å². The molecule has 1 aromatic heterocycles. The smallest absolute Gasteiger partial charge is 0.265 e. The molecule has 1 aliphatic rings. The molecule has 7 heteroatoms. The largest absolute Gasteiger partial charge is 0.491 e. The predicted molar refractivity (Wildman–Crippen MR) is 130 cm³/mol. The number of para-hydroxylation sites is 1. The van der Waals surface area contributed by atoms with Crippen LogP contribution in [0, 0.1) is 6.92 Å². The molecule has 4 rings (SSSR count).